The monoisotopic (exact) mass is 238 g/mol. The van der Waals surface area contributed by atoms with Gasteiger partial charge in [-0.15, -0.1) is 0 Å². The molecular weight excluding hydrogens is 227 g/mol. The van der Waals surface area contributed by atoms with Gasteiger partial charge in [-0.3, -0.25) is 9.78 Å². The third-order valence-electron chi connectivity index (χ3n) is 2.53. The van der Waals surface area contributed by atoms with Crippen LogP contribution in [0.1, 0.15) is 21.9 Å². The second-order valence-electron chi connectivity index (χ2n) is 3.69. The molecule has 18 heavy (non-hydrogen) atoms. The fourth-order valence-corrected chi connectivity index (χ4v) is 1.52. The third kappa shape index (κ3) is 2.56. The standard InChI is InChI=1S/C13H11BN2O2/c1-18-11-6-5-9(8-16-11)12(14)13(17)10-4-2-3-7-15-10/h2-8,12H,1H3. The maximum absolute atomic E-state index is 12.1. The molecule has 0 fully saturated rings. The predicted molar refractivity (Wildman–Crippen MR) is 67.9 cm³/mol. The third-order valence-corrected chi connectivity index (χ3v) is 2.53. The van der Waals surface area contributed by atoms with Crippen molar-refractivity contribution in [2.75, 3.05) is 7.11 Å². The van der Waals surface area contributed by atoms with Gasteiger partial charge in [-0.25, -0.2) is 4.98 Å². The van der Waals surface area contributed by atoms with Crippen molar-refractivity contribution in [1.29, 1.82) is 0 Å². The molecule has 1 atom stereocenters. The van der Waals surface area contributed by atoms with E-state index in [2.05, 4.69) is 9.97 Å². The number of nitrogens with zero attached hydrogens (tertiary/aromatic N) is 2. The lowest BCUT2D eigenvalue weighted by Gasteiger charge is -2.10. The first-order valence-electron chi connectivity index (χ1n) is 5.43. The van der Waals surface area contributed by atoms with Crippen LogP contribution in [-0.4, -0.2) is 30.7 Å². The van der Waals surface area contributed by atoms with Gasteiger partial charge in [0, 0.05) is 24.3 Å². The van der Waals surface area contributed by atoms with Gasteiger partial charge in [0.25, 0.3) is 0 Å². The highest BCUT2D eigenvalue weighted by Crippen LogP contribution is 2.18. The minimum Gasteiger partial charge on any atom is -0.481 e. The number of hydrogen-bond donors (Lipinski definition) is 0. The van der Waals surface area contributed by atoms with Gasteiger partial charge in [0.1, 0.15) is 5.69 Å². The van der Waals surface area contributed by atoms with Crippen LogP contribution in [0.3, 0.4) is 0 Å². The minimum atomic E-state index is -0.765. The Bertz CT molecular complexity index is 528. The fraction of sp³-hybridized carbons (Fsp3) is 0.154. The molecule has 2 radical (unpaired) electrons. The Balaban J connectivity index is 2.20. The van der Waals surface area contributed by atoms with E-state index in [1.54, 1.807) is 36.5 Å². The quantitative estimate of drug-likeness (QED) is 0.599. The van der Waals surface area contributed by atoms with E-state index < -0.39 is 5.82 Å². The molecule has 4 nitrogen and oxygen atoms in total. The molecule has 0 N–H and O–H groups in total. The summed E-state index contributed by atoms with van der Waals surface area (Å²) >= 11 is 0. The van der Waals surface area contributed by atoms with Crippen molar-refractivity contribution in [3.8, 4) is 5.88 Å². The summed E-state index contributed by atoms with van der Waals surface area (Å²) in [5.74, 6) is -0.517. The summed E-state index contributed by atoms with van der Waals surface area (Å²) in [6.45, 7) is 0. The van der Waals surface area contributed by atoms with Crippen LogP contribution in [0.25, 0.3) is 0 Å². The van der Waals surface area contributed by atoms with Gasteiger partial charge in [0.15, 0.2) is 5.78 Å². The molecule has 2 heterocycles. The van der Waals surface area contributed by atoms with Crippen molar-refractivity contribution in [2.45, 2.75) is 5.82 Å². The Morgan fingerprint density at radius 1 is 1.28 bits per heavy atom. The number of carbonyl (C=O) groups excluding carboxylic acids is 1. The van der Waals surface area contributed by atoms with E-state index >= 15 is 0 Å². The minimum absolute atomic E-state index is 0.234. The van der Waals surface area contributed by atoms with Crippen molar-refractivity contribution >= 4 is 13.6 Å². The highest BCUT2D eigenvalue weighted by Gasteiger charge is 2.17. The normalized spacial score (nSPS) is 11.8. The van der Waals surface area contributed by atoms with Gasteiger partial charge in [-0.2, -0.15) is 0 Å². The largest absolute Gasteiger partial charge is 0.481 e. The lowest BCUT2D eigenvalue weighted by molar-refractivity contribution is 0.0982. The summed E-state index contributed by atoms with van der Waals surface area (Å²) in [4.78, 5) is 20.1. The molecule has 88 valence electrons. The Labute approximate surface area is 106 Å². The van der Waals surface area contributed by atoms with Crippen molar-refractivity contribution in [3.05, 3.63) is 54.0 Å². The summed E-state index contributed by atoms with van der Waals surface area (Å²) in [7, 11) is 7.42. The first kappa shape index (κ1) is 12.3. The molecular formula is C13H11BN2O2. The molecule has 0 spiro atoms. The molecule has 2 aromatic rings. The lowest BCUT2D eigenvalue weighted by Crippen LogP contribution is -2.14. The molecule has 2 aromatic heterocycles. The van der Waals surface area contributed by atoms with Gasteiger partial charge >= 0.3 is 0 Å². The van der Waals surface area contributed by atoms with Crippen LogP contribution in [0.4, 0.5) is 0 Å². The molecule has 0 bridgehead atoms. The van der Waals surface area contributed by atoms with Crippen LogP contribution in [0.2, 0.25) is 0 Å². The van der Waals surface area contributed by atoms with Crippen LogP contribution >= 0.6 is 0 Å². The van der Waals surface area contributed by atoms with Crippen LogP contribution in [-0.2, 0) is 0 Å². The topological polar surface area (TPSA) is 52.1 Å². The van der Waals surface area contributed by atoms with E-state index in [1.807, 2.05) is 0 Å². The molecule has 0 aromatic carbocycles. The highest BCUT2D eigenvalue weighted by atomic mass is 16.5. The number of carbonyl (C=O) groups is 1. The molecule has 1 unspecified atom stereocenters. The molecule has 0 aliphatic carbocycles. The molecule has 2 rings (SSSR count). The van der Waals surface area contributed by atoms with Gasteiger partial charge in [-0.05, 0) is 17.7 Å². The molecule has 0 saturated heterocycles. The van der Waals surface area contributed by atoms with E-state index in [0.717, 1.165) is 0 Å². The van der Waals surface area contributed by atoms with Gasteiger partial charge in [0.2, 0.25) is 5.88 Å². The number of methoxy groups -OCH3 is 1. The number of hydrogen-bond acceptors (Lipinski definition) is 4. The van der Waals surface area contributed by atoms with E-state index in [9.17, 15) is 4.79 Å². The smallest absolute Gasteiger partial charge is 0.212 e. The average Bonchev–Trinajstić information content (AvgIpc) is 2.47. The molecule has 0 aliphatic rings. The molecule has 0 aliphatic heterocycles. The second-order valence-corrected chi connectivity index (χ2v) is 3.69. The molecule has 0 saturated carbocycles. The zero-order valence-corrected chi connectivity index (χ0v) is 9.91. The number of aromatic nitrogens is 2. The second kappa shape index (κ2) is 5.45. The van der Waals surface area contributed by atoms with Gasteiger partial charge < -0.3 is 4.74 Å². The van der Waals surface area contributed by atoms with E-state index in [1.165, 1.54) is 13.3 Å². The van der Waals surface area contributed by atoms with Crippen LogP contribution in [0.15, 0.2) is 42.7 Å². The number of ether oxygens (including phenoxy) is 1. The number of Topliss-reactive ketones (excluding diaryl/α,β-unsaturated/α-hetero) is 1. The Kier molecular flexibility index (Phi) is 3.72. The van der Waals surface area contributed by atoms with Gasteiger partial charge in [0.05, 0.1) is 15.0 Å². The predicted octanol–water partition coefficient (Wildman–Crippen LogP) is 1.58. The Morgan fingerprint density at radius 2 is 2.11 bits per heavy atom. The van der Waals surface area contributed by atoms with Gasteiger partial charge in [-0.1, -0.05) is 12.1 Å². The highest BCUT2D eigenvalue weighted by molar-refractivity contribution is 6.28. The summed E-state index contributed by atoms with van der Waals surface area (Å²) in [6.07, 6.45) is 3.09. The van der Waals surface area contributed by atoms with E-state index in [4.69, 9.17) is 12.6 Å². The Hall–Kier alpha value is -2.17. The fourth-order valence-electron chi connectivity index (χ4n) is 1.52. The summed E-state index contributed by atoms with van der Waals surface area (Å²) in [5, 5.41) is 0. The molecule has 5 heteroatoms. The lowest BCUT2D eigenvalue weighted by atomic mass is 9.77. The first-order chi connectivity index (χ1) is 8.72. The summed E-state index contributed by atoms with van der Waals surface area (Å²) in [6, 6.07) is 8.52. The van der Waals surface area contributed by atoms with Crippen molar-refractivity contribution < 1.29 is 9.53 Å². The molecule has 0 amide bonds. The van der Waals surface area contributed by atoms with Crippen LogP contribution in [0.5, 0.6) is 5.88 Å². The van der Waals surface area contributed by atoms with E-state index in [-0.39, 0.29) is 5.78 Å². The number of ketones is 1. The SMILES string of the molecule is [B]C(C(=O)c1ccccn1)c1ccc(OC)nc1. The maximum Gasteiger partial charge on any atom is 0.212 e. The summed E-state index contributed by atoms with van der Waals surface area (Å²) in [5.41, 5.74) is 0.979. The first-order valence-corrected chi connectivity index (χ1v) is 5.43. The zero-order chi connectivity index (χ0) is 13.0. The van der Waals surface area contributed by atoms with Crippen molar-refractivity contribution in [1.82, 2.24) is 9.97 Å². The summed E-state index contributed by atoms with van der Waals surface area (Å²) < 4.78 is 4.94. The van der Waals surface area contributed by atoms with Crippen molar-refractivity contribution in [2.24, 2.45) is 0 Å². The van der Waals surface area contributed by atoms with E-state index in [0.29, 0.717) is 17.1 Å². The zero-order valence-electron chi connectivity index (χ0n) is 9.91. The number of rotatable bonds is 4. The number of pyridine rings is 2. The Morgan fingerprint density at radius 3 is 2.67 bits per heavy atom. The average molecular weight is 238 g/mol. The maximum atomic E-state index is 12.1. The van der Waals surface area contributed by atoms with Crippen LogP contribution < -0.4 is 4.74 Å². The van der Waals surface area contributed by atoms with Crippen molar-refractivity contribution in [3.63, 3.8) is 0 Å². The van der Waals surface area contributed by atoms with Crippen LogP contribution in [0, 0.1) is 0 Å².